The number of carbonyl (C=O) groups is 1. The Morgan fingerprint density at radius 1 is 1.36 bits per heavy atom. The van der Waals surface area contributed by atoms with Gasteiger partial charge in [-0.05, 0) is 54.3 Å². The number of methoxy groups -OCH3 is 1. The Balaban J connectivity index is 1.72. The Morgan fingerprint density at radius 2 is 2.14 bits per heavy atom. The van der Waals surface area contributed by atoms with Crippen LogP contribution in [0.4, 0.5) is 0 Å². The number of amidine groups is 1. The van der Waals surface area contributed by atoms with Gasteiger partial charge in [0, 0.05) is 13.1 Å². The molecule has 22 heavy (non-hydrogen) atoms. The molecule has 3 rings (SSSR count). The maximum Gasteiger partial charge on any atom is 0.286 e. The molecule has 0 bridgehead atoms. The van der Waals surface area contributed by atoms with Crippen LogP contribution in [0.2, 0.25) is 0 Å². The Bertz CT molecular complexity index is 622. The molecular formula is C17H20N2O2S. The van der Waals surface area contributed by atoms with E-state index in [4.69, 9.17) is 4.74 Å². The lowest BCUT2D eigenvalue weighted by Crippen LogP contribution is -2.37. The van der Waals surface area contributed by atoms with Crippen LogP contribution in [0, 0.1) is 5.92 Å². The molecule has 1 saturated heterocycles. The summed E-state index contributed by atoms with van der Waals surface area (Å²) >= 11 is 1.49. The fraction of sp³-hybridized carbons (Fsp3) is 0.412. The molecule has 2 aliphatic heterocycles. The van der Waals surface area contributed by atoms with Crippen LogP contribution in [0.25, 0.3) is 6.08 Å². The van der Waals surface area contributed by atoms with Crippen molar-refractivity contribution < 1.29 is 9.53 Å². The highest BCUT2D eigenvalue weighted by Gasteiger charge is 2.28. The maximum absolute atomic E-state index is 12.1. The molecule has 0 aromatic heterocycles. The van der Waals surface area contributed by atoms with Crippen LogP contribution in [0.1, 0.15) is 25.3 Å². The van der Waals surface area contributed by atoms with Gasteiger partial charge in [0.15, 0.2) is 5.17 Å². The second-order valence-electron chi connectivity index (χ2n) is 5.78. The van der Waals surface area contributed by atoms with Gasteiger partial charge in [0.25, 0.3) is 5.91 Å². The molecule has 0 radical (unpaired) electrons. The maximum atomic E-state index is 12.1. The number of hydrogen-bond donors (Lipinski definition) is 0. The van der Waals surface area contributed by atoms with E-state index in [1.54, 1.807) is 7.11 Å². The first-order valence-corrected chi connectivity index (χ1v) is 8.39. The van der Waals surface area contributed by atoms with Crippen molar-refractivity contribution in [3.8, 4) is 5.75 Å². The van der Waals surface area contributed by atoms with Crippen LogP contribution in [0.15, 0.2) is 34.2 Å². The second kappa shape index (κ2) is 6.57. The average molecular weight is 316 g/mol. The van der Waals surface area contributed by atoms with Crippen molar-refractivity contribution in [1.82, 2.24) is 4.90 Å². The van der Waals surface area contributed by atoms with Gasteiger partial charge in [0.2, 0.25) is 0 Å². The minimum Gasteiger partial charge on any atom is -0.497 e. The van der Waals surface area contributed by atoms with E-state index in [1.165, 1.54) is 24.6 Å². The molecule has 2 heterocycles. The van der Waals surface area contributed by atoms with E-state index in [1.807, 2.05) is 30.3 Å². The molecule has 0 N–H and O–H groups in total. The molecule has 1 amide bonds. The highest BCUT2D eigenvalue weighted by atomic mass is 32.2. The molecule has 4 nitrogen and oxygen atoms in total. The zero-order chi connectivity index (χ0) is 15.5. The third-order valence-corrected chi connectivity index (χ3v) is 4.99. The largest absolute Gasteiger partial charge is 0.497 e. The van der Waals surface area contributed by atoms with E-state index in [-0.39, 0.29) is 5.91 Å². The summed E-state index contributed by atoms with van der Waals surface area (Å²) in [6.45, 7) is 4.25. The topological polar surface area (TPSA) is 41.9 Å². The zero-order valence-electron chi connectivity index (χ0n) is 12.9. The molecule has 1 atom stereocenters. The number of hydrogen-bond acceptors (Lipinski definition) is 4. The predicted octanol–water partition coefficient (Wildman–Crippen LogP) is 3.40. The van der Waals surface area contributed by atoms with Crippen molar-refractivity contribution in [2.75, 3.05) is 20.2 Å². The summed E-state index contributed by atoms with van der Waals surface area (Å²) in [5, 5.41) is 0.858. The monoisotopic (exact) mass is 316 g/mol. The summed E-state index contributed by atoms with van der Waals surface area (Å²) < 4.78 is 5.14. The fourth-order valence-electron chi connectivity index (χ4n) is 2.75. The normalized spacial score (nSPS) is 23.8. The molecule has 0 spiro atoms. The highest BCUT2D eigenvalue weighted by molar-refractivity contribution is 8.18. The van der Waals surface area contributed by atoms with Crippen LogP contribution < -0.4 is 4.74 Å². The van der Waals surface area contributed by atoms with Gasteiger partial charge in [0.1, 0.15) is 5.75 Å². The molecule has 0 aliphatic carbocycles. The Morgan fingerprint density at radius 3 is 2.82 bits per heavy atom. The number of nitrogens with zero attached hydrogens (tertiary/aromatic N) is 2. The van der Waals surface area contributed by atoms with E-state index in [9.17, 15) is 4.79 Å². The number of amides is 1. The van der Waals surface area contributed by atoms with Gasteiger partial charge in [-0.2, -0.15) is 4.99 Å². The number of benzene rings is 1. The van der Waals surface area contributed by atoms with Gasteiger partial charge in [-0.3, -0.25) is 4.79 Å². The Hall–Kier alpha value is -1.75. The standard InChI is InChI=1S/C17H20N2O2S/c1-12-4-3-9-19(11-12)17-18-16(20)15(22-17)10-13-5-7-14(21-2)8-6-13/h5-8,10,12H,3-4,9,11H2,1-2H3/b15-10-/t12-/m0/s1. The Kier molecular flexibility index (Phi) is 4.52. The molecule has 0 saturated carbocycles. The Labute approximate surface area is 135 Å². The summed E-state index contributed by atoms with van der Waals surface area (Å²) in [7, 11) is 1.64. The minimum atomic E-state index is -0.131. The van der Waals surface area contributed by atoms with Crippen LogP contribution in [0.3, 0.4) is 0 Å². The smallest absolute Gasteiger partial charge is 0.286 e. The number of rotatable bonds is 2. The number of thioether (sulfide) groups is 1. The number of ether oxygens (including phenoxy) is 1. The molecule has 5 heteroatoms. The van der Waals surface area contributed by atoms with Crippen LogP contribution >= 0.6 is 11.8 Å². The van der Waals surface area contributed by atoms with Crippen LogP contribution in [-0.4, -0.2) is 36.2 Å². The fourth-order valence-corrected chi connectivity index (χ4v) is 3.70. The lowest BCUT2D eigenvalue weighted by atomic mass is 10.0. The molecule has 116 valence electrons. The van der Waals surface area contributed by atoms with Crippen molar-refractivity contribution in [2.24, 2.45) is 10.9 Å². The van der Waals surface area contributed by atoms with Crippen molar-refractivity contribution in [1.29, 1.82) is 0 Å². The van der Waals surface area contributed by atoms with Gasteiger partial charge < -0.3 is 9.64 Å². The third-order valence-electron chi connectivity index (χ3n) is 3.95. The first-order chi connectivity index (χ1) is 10.7. The average Bonchev–Trinajstić information content (AvgIpc) is 2.89. The van der Waals surface area contributed by atoms with Gasteiger partial charge in [0.05, 0.1) is 12.0 Å². The van der Waals surface area contributed by atoms with Gasteiger partial charge in [-0.1, -0.05) is 19.1 Å². The minimum absolute atomic E-state index is 0.131. The van der Waals surface area contributed by atoms with Crippen molar-refractivity contribution >= 4 is 28.9 Å². The molecule has 0 unspecified atom stereocenters. The van der Waals surface area contributed by atoms with Gasteiger partial charge in [-0.25, -0.2) is 0 Å². The van der Waals surface area contributed by atoms with E-state index in [0.29, 0.717) is 10.8 Å². The second-order valence-corrected chi connectivity index (χ2v) is 6.79. The number of carbonyl (C=O) groups excluding carboxylic acids is 1. The summed E-state index contributed by atoms with van der Waals surface area (Å²) in [5.41, 5.74) is 0.986. The van der Waals surface area contributed by atoms with Gasteiger partial charge >= 0.3 is 0 Å². The van der Waals surface area contributed by atoms with Crippen LogP contribution in [-0.2, 0) is 4.79 Å². The number of aliphatic imine (C=N–C) groups is 1. The molecule has 1 aromatic rings. The molecular weight excluding hydrogens is 296 g/mol. The highest BCUT2D eigenvalue weighted by Crippen LogP contribution is 2.32. The van der Waals surface area contributed by atoms with Crippen molar-refractivity contribution in [3.05, 3.63) is 34.7 Å². The summed E-state index contributed by atoms with van der Waals surface area (Å²) in [6, 6.07) is 7.68. The third kappa shape index (κ3) is 3.35. The van der Waals surface area contributed by atoms with E-state index < -0.39 is 0 Å². The van der Waals surface area contributed by atoms with Crippen molar-refractivity contribution in [2.45, 2.75) is 19.8 Å². The number of piperidine rings is 1. The van der Waals surface area contributed by atoms with Crippen LogP contribution in [0.5, 0.6) is 5.75 Å². The molecule has 1 aromatic carbocycles. The van der Waals surface area contributed by atoms with Gasteiger partial charge in [-0.15, -0.1) is 0 Å². The zero-order valence-corrected chi connectivity index (χ0v) is 13.7. The van der Waals surface area contributed by atoms with Crippen molar-refractivity contribution in [3.63, 3.8) is 0 Å². The summed E-state index contributed by atoms with van der Waals surface area (Å²) in [5.74, 6) is 1.35. The SMILES string of the molecule is COc1ccc(/C=C2\SC(N3CCC[C@H](C)C3)=NC2=O)cc1. The molecule has 1 fully saturated rings. The molecule has 2 aliphatic rings. The van der Waals surface area contributed by atoms with E-state index in [2.05, 4.69) is 16.8 Å². The van der Waals surface area contributed by atoms with E-state index in [0.717, 1.165) is 29.6 Å². The van der Waals surface area contributed by atoms with E-state index >= 15 is 0 Å². The number of likely N-dealkylation sites (tertiary alicyclic amines) is 1. The lowest BCUT2D eigenvalue weighted by molar-refractivity contribution is -0.113. The quantitative estimate of drug-likeness (QED) is 0.784. The summed E-state index contributed by atoms with van der Waals surface area (Å²) in [4.78, 5) is 19.3. The lowest BCUT2D eigenvalue weighted by Gasteiger charge is -2.31. The predicted molar refractivity (Wildman–Crippen MR) is 91.0 cm³/mol. The summed E-state index contributed by atoms with van der Waals surface area (Å²) in [6.07, 6.45) is 4.33. The first-order valence-electron chi connectivity index (χ1n) is 7.57. The first kappa shape index (κ1) is 15.2.